The minimum absolute atomic E-state index is 0.606. The number of aromatic nitrogens is 3. The van der Waals surface area contributed by atoms with Crippen molar-refractivity contribution in [2.45, 2.75) is 0 Å². The van der Waals surface area contributed by atoms with Gasteiger partial charge in [0.05, 0.1) is 0 Å². The quantitative estimate of drug-likeness (QED) is 0.195. The predicted molar refractivity (Wildman–Crippen MR) is 201 cm³/mol. The van der Waals surface area contributed by atoms with Gasteiger partial charge in [-0.3, -0.25) is 0 Å². The Hall–Kier alpha value is -6.65. The lowest BCUT2D eigenvalue weighted by molar-refractivity contribution is 0.676. The summed E-state index contributed by atoms with van der Waals surface area (Å²) in [5.41, 5.74) is 6.78. The SMILES string of the molecule is c1ccc(-c2nc(-c3ccc(-c4ccc5ccccc5c4)cc3)nc(-c3cc4ccccc4c4oc5c6ccccc6ccc5c34)n2)cc1. The molecule has 0 aliphatic carbocycles. The maximum absolute atomic E-state index is 6.78. The van der Waals surface area contributed by atoms with Gasteiger partial charge in [-0.15, -0.1) is 0 Å². The summed E-state index contributed by atoms with van der Waals surface area (Å²) in [6.45, 7) is 0. The number of hydrogen-bond donors (Lipinski definition) is 0. The van der Waals surface area contributed by atoms with E-state index in [1.165, 1.54) is 16.3 Å². The molecule has 0 aliphatic rings. The highest BCUT2D eigenvalue weighted by molar-refractivity contribution is 6.24. The second-order valence-electron chi connectivity index (χ2n) is 12.4. The molecule has 4 heteroatoms. The van der Waals surface area contributed by atoms with Gasteiger partial charge in [0, 0.05) is 38.2 Å². The third-order valence-electron chi connectivity index (χ3n) is 9.49. The Morgan fingerprint density at radius 1 is 0.327 bits per heavy atom. The van der Waals surface area contributed by atoms with Crippen molar-refractivity contribution in [1.29, 1.82) is 0 Å². The van der Waals surface area contributed by atoms with Crippen LogP contribution >= 0.6 is 0 Å². The van der Waals surface area contributed by atoms with E-state index in [1.54, 1.807) is 0 Å². The van der Waals surface area contributed by atoms with E-state index in [4.69, 9.17) is 19.4 Å². The number of fused-ring (bicyclic) bond motifs is 8. The summed E-state index contributed by atoms with van der Waals surface area (Å²) >= 11 is 0. The van der Waals surface area contributed by atoms with Crippen molar-refractivity contribution in [2.75, 3.05) is 0 Å². The summed E-state index contributed by atoms with van der Waals surface area (Å²) in [5, 5.41) is 8.84. The Bertz CT molecular complexity index is 2870. The smallest absolute Gasteiger partial charge is 0.164 e. The molecule has 0 aliphatic heterocycles. The zero-order valence-corrected chi connectivity index (χ0v) is 26.3. The molecule has 8 aromatic carbocycles. The van der Waals surface area contributed by atoms with E-state index in [-0.39, 0.29) is 0 Å². The molecular formula is C45H27N3O. The molecule has 0 saturated heterocycles. The lowest BCUT2D eigenvalue weighted by Gasteiger charge is -2.11. The molecule has 0 saturated carbocycles. The second kappa shape index (κ2) is 11.0. The van der Waals surface area contributed by atoms with Crippen molar-refractivity contribution < 1.29 is 4.42 Å². The van der Waals surface area contributed by atoms with Crippen LogP contribution in [0.5, 0.6) is 0 Å². The summed E-state index contributed by atoms with van der Waals surface area (Å²) in [4.78, 5) is 15.4. The van der Waals surface area contributed by atoms with Crippen LogP contribution in [-0.2, 0) is 0 Å². The molecule has 2 aromatic heterocycles. The number of furan rings is 1. The molecule has 0 amide bonds. The van der Waals surface area contributed by atoms with Crippen molar-refractivity contribution in [2.24, 2.45) is 0 Å². The highest BCUT2D eigenvalue weighted by Gasteiger charge is 2.21. The van der Waals surface area contributed by atoms with E-state index in [9.17, 15) is 0 Å². The first kappa shape index (κ1) is 27.5. The van der Waals surface area contributed by atoms with Crippen LogP contribution in [0, 0.1) is 0 Å². The van der Waals surface area contributed by atoms with Crippen LogP contribution in [0.1, 0.15) is 0 Å². The number of hydrogen-bond acceptors (Lipinski definition) is 4. The minimum Gasteiger partial charge on any atom is -0.455 e. The highest BCUT2D eigenvalue weighted by atomic mass is 16.3. The van der Waals surface area contributed by atoms with Gasteiger partial charge in [-0.2, -0.15) is 0 Å². The van der Waals surface area contributed by atoms with E-state index in [0.29, 0.717) is 17.5 Å². The predicted octanol–water partition coefficient (Wildman–Crippen LogP) is 11.9. The normalized spacial score (nSPS) is 11.7. The zero-order valence-electron chi connectivity index (χ0n) is 26.3. The minimum atomic E-state index is 0.606. The molecule has 0 radical (unpaired) electrons. The molecule has 10 aromatic rings. The Morgan fingerprint density at radius 2 is 0.878 bits per heavy atom. The van der Waals surface area contributed by atoms with Gasteiger partial charge in [-0.05, 0) is 50.9 Å². The van der Waals surface area contributed by atoms with Crippen LogP contribution in [-0.4, -0.2) is 15.0 Å². The van der Waals surface area contributed by atoms with Gasteiger partial charge in [-0.25, -0.2) is 15.0 Å². The molecule has 0 unspecified atom stereocenters. The summed E-state index contributed by atoms with van der Waals surface area (Å²) < 4.78 is 6.78. The Labute approximate surface area is 282 Å². The summed E-state index contributed by atoms with van der Waals surface area (Å²) in [6, 6.07) is 56.9. The van der Waals surface area contributed by atoms with E-state index in [2.05, 4.69) is 133 Å². The molecule has 0 fully saturated rings. The molecule has 228 valence electrons. The van der Waals surface area contributed by atoms with Crippen molar-refractivity contribution >= 4 is 54.3 Å². The van der Waals surface area contributed by atoms with Crippen LogP contribution in [0.2, 0.25) is 0 Å². The summed E-state index contributed by atoms with van der Waals surface area (Å²) in [7, 11) is 0. The fourth-order valence-corrected chi connectivity index (χ4v) is 7.04. The molecule has 49 heavy (non-hydrogen) atoms. The molecular weight excluding hydrogens is 599 g/mol. The maximum atomic E-state index is 6.78. The number of rotatable bonds is 4. The Balaban J connectivity index is 1.20. The Morgan fingerprint density at radius 3 is 1.65 bits per heavy atom. The first-order valence-corrected chi connectivity index (χ1v) is 16.4. The average molecular weight is 626 g/mol. The fraction of sp³-hybridized carbons (Fsp3) is 0. The first-order valence-electron chi connectivity index (χ1n) is 16.4. The maximum Gasteiger partial charge on any atom is 0.164 e. The van der Waals surface area contributed by atoms with Gasteiger partial charge in [-0.1, -0.05) is 146 Å². The highest BCUT2D eigenvalue weighted by Crippen LogP contribution is 2.43. The first-order chi connectivity index (χ1) is 24.3. The van der Waals surface area contributed by atoms with Gasteiger partial charge in [0.25, 0.3) is 0 Å². The van der Waals surface area contributed by atoms with Gasteiger partial charge < -0.3 is 4.42 Å². The third kappa shape index (κ3) is 4.57. The monoisotopic (exact) mass is 625 g/mol. The van der Waals surface area contributed by atoms with Gasteiger partial charge >= 0.3 is 0 Å². The topological polar surface area (TPSA) is 51.8 Å². The van der Waals surface area contributed by atoms with Crippen molar-refractivity contribution in [3.05, 3.63) is 164 Å². The average Bonchev–Trinajstić information content (AvgIpc) is 3.58. The van der Waals surface area contributed by atoms with E-state index in [0.717, 1.165) is 65.7 Å². The van der Waals surface area contributed by atoms with Crippen LogP contribution in [0.4, 0.5) is 0 Å². The summed E-state index contributed by atoms with van der Waals surface area (Å²) in [6.07, 6.45) is 0. The molecule has 10 rings (SSSR count). The van der Waals surface area contributed by atoms with E-state index >= 15 is 0 Å². The van der Waals surface area contributed by atoms with Crippen molar-refractivity contribution in [3.8, 4) is 45.3 Å². The second-order valence-corrected chi connectivity index (χ2v) is 12.4. The van der Waals surface area contributed by atoms with Crippen LogP contribution in [0.25, 0.3) is 99.5 Å². The zero-order chi connectivity index (χ0) is 32.3. The molecule has 0 N–H and O–H groups in total. The van der Waals surface area contributed by atoms with Gasteiger partial charge in [0.1, 0.15) is 11.2 Å². The van der Waals surface area contributed by atoms with Crippen molar-refractivity contribution in [1.82, 2.24) is 15.0 Å². The summed E-state index contributed by atoms with van der Waals surface area (Å²) in [5.74, 6) is 1.85. The van der Waals surface area contributed by atoms with Crippen molar-refractivity contribution in [3.63, 3.8) is 0 Å². The largest absolute Gasteiger partial charge is 0.455 e. The standard InChI is InChI=1S/C45H27N3O/c1-2-12-31(13-3-1)43-46-44(32-21-18-29(19-22-32)34-23-20-28-10-4-5-14-33(28)26-34)48-45(47-43)39-27-35-15-7-9-17-37(35)42-40(39)38-25-24-30-11-6-8-16-36(30)41(38)49-42/h1-27H. The van der Waals surface area contributed by atoms with Crippen LogP contribution < -0.4 is 0 Å². The molecule has 0 atom stereocenters. The third-order valence-corrected chi connectivity index (χ3v) is 9.49. The molecule has 2 heterocycles. The fourth-order valence-electron chi connectivity index (χ4n) is 7.04. The van der Waals surface area contributed by atoms with E-state index in [1.807, 2.05) is 30.3 Å². The number of nitrogens with zero attached hydrogens (tertiary/aromatic N) is 3. The molecule has 0 spiro atoms. The van der Waals surface area contributed by atoms with Gasteiger partial charge in [0.2, 0.25) is 0 Å². The van der Waals surface area contributed by atoms with Crippen LogP contribution in [0.3, 0.4) is 0 Å². The van der Waals surface area contributed by atoms with E-state index < -0.39 is 0 Å². The Kier molecular flexibility index (Phi) is 6.15. The molecule has 0 bridgehead atoms. The number of benzene rings is 8. The lowest BCUT2D eigenvalue weighted by Crippen LogP contribution is -2.00. The van der Waals surface area contributed by atoms with Gasteiger partial charge in [0.15, 0.2) is 17.5 Å². The van der Waals surface area contributed by atoms with Crippen LogP contribution in [0.15, 0.2) is 168 Å². The molecule has 4 nitrogen and oxygen atoms in total. The lowest BCUT2D eigenvalue weighted by atomic mass is 9.98.